The van der Waals surface area contributed by atoms with E-state index in [0.29, 0.717) is 31.7 Å². The summed E-state index contributed by atoms with van der Waals surface area (Å²) in [6.07, 6.45) is 0.985. The molecule has 2 aromatic rings. The lowest BCUT2D eigenvalue weighted by atomic mass is 9.96. The Kier molecular flexibility index (Phi) is 7.21. The number of amides is 1. The topological polar surface area (TPSA) is 75.7 Å². The molecule has 30 heavy (non-hydrogen) atoms. The zero-order valence-electron chi connectivity index (χ0n) is 17.4. The minimum atomic E-state index is -3.67. The van der Waals surface area contributed by atoms with Crippen LogP contribution in [0.15, 0.2) is 51.8 Å². The Morgan fingerprint density at radius 1 is 1.17 bits per heavy atom. The lowest BCUT2D eigenvalue weighted by molar-refractivity contribution is -0.126. The molecule has 0 aliphatic carbocycles. The first-order valence-corrected chi connectivity index (χ1v) is 12.2. The van der Waals surface area contributed by atoms with Gasteiger partial charge in [-0.1, -0.05) is 34.1 Å². The van der Waals surface area contributed by atoms with E-state index < -0.39 is 10.0 Å². The van der Waals surface area contributed by atoms with Crippen molar-refractivity contribution < 1.29 is 17.9 Å². The minimum absolute atomic E-state index is 0.0318. The summed E-state index contributed by atoms with van der Waals surface area (Å²) in [5.74, 6) is 0.105. The summed E-state index contributed by atoms with van der Waals surface area (Å²) in [6, 6.07) is 12.9. The van der Waals surface area contributed by atoms with E-state index in [0.717, 1.165) is 15.6 Å². The Labute approximate surface area is 186 Å². The van der Waals surface area contributed by atoms with Crippen LogP contribution in [0, 0.1) is 12.8 Å². The van der Waals surface area contributed by atoms with Gasteiger partial charge in [0.1, 0.15) is 10.6 Å². The lowest BCUT2D eigenvalue weighted by Crippen LogP contribution is -2.43. The first-order chi connectivity index (χ1) is 14.2. The van der Waals surface area contributed by atoms with Gasteiger partial charge in [0.25, 0.3) is 0 Å². The summed E-state index contributed by atoms with van der Waals surface area (Å²) in [5.41, 5.74) is 1.88. The summed E-state index contributed by atoms with van der Waals surface area (Å²) < 4.78 is 34.0. The van der Waals surface area contributed by atoms with Gasteiger partial charge < -0.3 is 10.1 Å². The molecule has 0 saturated carbocycles. The third-order valence-corrected chi connectivity index (χ3v) is 7.94. The van der Waals surface area contributed by atoms with Gasteiger partial charge in [-0.2, -0.15) is 4.31 Å². The molecule has 1 fully saturated rings. The van der Waals surface area contributed by atoms with Gasteiger partial charge in [-0.25, -0.2) is 8.42 Å². The van der Waals surface area contributed by atoms with E-state index in [-0.39, 0.29) is 22.8 Å². The van der Waals surface area contributed by atoms with Gasteiger partial charge >= 0.3 is 0 Å². The molecule has 6 nitrogen and oxygen atoms in total. The Morgan fingerprint density at radius 3 is 2.40 bits per heavy atom. The number of rotatable bonds is 6. The van der Waals surface area contributed by atoms with Gasteiger partial charge in [-0.15, -0.1) is 0 Å². The predicted molar refractivity (Wildman–Crippen MR) is 120 cm³/mol. The second kappa shape index (κ2) is 9.49. The third kappa shape index (κ3) is 5.04. The Hall–Kier alpha value is -1.90. The van der Waals surface area contributed by atoms with Crippen molar-refractivity contribution in [2.24, 2.45) is 5.92 Å². The van der Waals surface area contributed by atoms with E-state index in [1.54, 1.807) is 12.1 Å². The molecule has 1 amide bonds. The highest BCUT2D eigenvalue weighted by Gasteiger charge is 2.34. The molecule has 1 N–H and O–H groups in total. The van der Waals surface area contributed by atoms with Crippen molar-refractivity contribution in [3.63, 3.8) is 0 Å². The van der Waals surface area contributed by atoms with Crippen molar-refractivity contribution in [1.29, 1.82) is 0 Å². The Morgan fingerprint density at radius 2 is 1.80 bits per heavy atom. The second-order valence-corrected chi connectivity index (χ2v) is 10.4. The van der Waals surface area contributed by atoms with Gasteiger partial charge in [0, 0.05) is 23.5 Å². The summed E-state index contributed by atoms with van der Waals surface area (Å²) in [4.78, 5) is 12.9. The van der Waals surface area contributed by atoms with Crippen LogP contribution in [-0.4, -0.2) is 38.8 Å². The summed E-state index contributed by atoms with van der Waals surface area (Å²) in [6.45, 7) is 4.42. The molecule has 0 aromatic heterocycles. The van der Waals surface area contributed by atoms with Crippen molar-refractivity contribution in [2.45, 2.75) is 37.6 Å². The molecule has 1 unspecified atom stereocenters. The lowest BCUT2D eigenvalue weighted by Gasteiger charge is -2.31. The number of aryl methyl sites for hydroxylation is 1. The van der Waals surface area contributed by atoms with Crippen LogP contribution in [0.5, 0.6) is 5.75 Å². The second-order valence-electron chi connectivity index (χ2n) is 7.61. The normalized spacial score (nSPS) is 16.8. The smallest absolute Gasteiger partial charge is 0.246 e. The average molecular weight is 495 g/mol. The first kappa shape index (κ1) is 22.8. The van der Waals surface area contributed by atoms with Gasteiger partial charge in [-0.3, -0.25) is 4.79 Å². The van der Waals surface area contributed by atoms with Gasteiger partial charge in [0.15, 0.2) is 0 Å². The number of benzene rings is 2. The molecule has 2 aromatic carbocycles. The number of sulfonamides is 1. The maximum absolute atomic E-state index is 13.1. The van der Waals surface area contributed by atoms with Crippen LogP contribution in [0.4, 0.5) is 0 Å². The first-order valence-electron chi connectivity index (χ1n) is 9.93. The van der Waals surface area contributed by atoms with Crippen molar-refractivity contribution in [2.75, 3.05) is 20.2 Å². The van der Waals surface area contributed by atoms with E-state index in [1.165, 1.54) is 11.4 Å². The standard InChI is InChI=1S/C22H27BrN2O4S/c1-15-4-9-20(29-3)21(14-15)30(27,28)25-12-10-18(11-13-25)22(26)24-16(2)17-5-7-19(23)8-6-17/h4-9,14,16,18H,10-13H2,1-3H3,(H,24,26). The number of nitrogens with one attached hydrogen (secondary N) is 1. The Balaban J connectivity index is 1.63. The molecule has 1 aliphatic heterocycles. The zero-order chi connectivity index (χ0) is 21.9. The van der Waals surface area contributed by atoms with E-state index in [1.807, 2.05) is 44.2 Å². The Bertz CT molecular complexity index is 1000. The molecule has 3 rings (SSSR count). The van der Waals surface area contributed by atoms with Gasteiger partial charge in [0.05, 0.1) is 13.2 Å². The van der Waals surface area contributed by atoms with Crippen LogP contribution in [-0.2, 0) is 14.8 Å². The van der Waals surface area contributed by atoms with E-state index in [4.69, 9.17) is 4.74 Å². The van der Waals surface area contributed by atoms with Crippen molar-refractivity contribution in [3.8, 4) is 5.75 Å². The monoisotopic (exact) mass is 494 g/mol. The fourth-order valence-corrected chi connectivity index (χ4v) is 5.62. The highest BCUT2D eigenvalue weighted by molar-refractivity contribution is 9.10. The van der Waals surface area contributed by atoms with Gasteiger partial charge in [-0.05, 0) is 62.1 Å². The number of piperidine rings is 1. The van der Waals surface area contributed by atoms with Crippen molar-refractivity contribution >= 4 is 31.9 Å². The van der Waals surface area contributed by atoms with E-state index in [2.05, 4.69) is 21.2 Å². The van der Waals surface area contributed by atoms with E-state index in [9.17, 15) is 13.2 Å². The van der Waals surface area contributed by atoms with Crippen LogP contribution in [0.3, 0.4) is 0 Å². The summed E-state index contributed by atoms with van der Waals surface area (Å²) in [5, 5.41) is 3.05. The maximum atomic E-state index is 13.1. The quantitative estimate of drug-likeness (QED) is 0.657. The SMILES string of the molecule is COc1ccc(C)cc1S(=O)(=O)N1CCC(C(=O)NC(C)c2ccc(Br)cc2)CC1. The summed E-state index contributed by atoms with van der Waals surface area (Å²) >= 11 is 3.41. The molecule has 0 spiro atoms. The minimum Gasteiger partial charge on any atom is -0.495 e. The highest BCUT2D eigenvalue weighted by atomic mass is 79.9. The maximum Gasteiger partial charge on any atom is 0.246 e. The molecular formula is C22H27BrN2O4S. The van der Waals surface area contributed by atoms with Crippen molar-refractivity contribution in [1.82, 2.24) is 9.62 Å². The number of carbonyl (C=O) groups is 1. The number of ether oxygens (including phenoxy) is 1. The van der Waals surface area contributed by atoms with Crippen LogP contribution in [0.25, 0.3) is 0 Å². The van der Waals surface area contributed by atoms with Crippen LogP contribution in [0.1, 0.15) is 36.9 Å². The van der Waals surface area contributed by atoms with E-state index >= 15 is 0 Å². The molecule has 1 saturated heterocycles. The van der Waals surface area contributed by atoms with Crippen LogP contribution in [0.2, 0.25) is 0 Å². The number of nitrogens with zero attached hydrogens (tertiary/aromatic N) is 1. The zero-order valence-corrected chi connectivity index (χ0v) is 19.8. The molecule has 162 valence electrons. The highest BCUT2D eigenvalue weighted by Crippen LogP contribution is 2.30. The number of hydrogen-bond donors (Lipinski definition) is 1. The molecule has 1 atom stereocenters. The number of halogens is 1. The molecule has 1 aliphatic rings. The molecular weight excluding hydrogens is 468 g/mol. The molecule has 0 bridgehead atoms. The predicted octanol–water partition coefficient (Wildman–Crippen LogP) is 4.04. The fourth-order valence-electron chi connectivity index (χ4n) is 3.65. The third-order valence-electron chi connectivity index (χ3n) is 5.49. The van der Waals surface area contributed by atoms with Crippen molar-refractivity contribution in [3.05, 3.63) is 58.1 Å². The molecule has 8 heteroatoms. The number of carbonyl (C=O) groups excluding carboxylic acids is 1. The average Bonchev–Trinajstić information content (AvgIpc) is 2.74. The van der Waals surface area contributed by atoms with Crippen LogP contribution >= 0.6 is 15.9 Å². The van der Waals surface area contributed by atoms with Gasteiger partial charge in [0.2, 0.25) is 15.9 Å². The molecule has 1 heterocycles. The molecule has 0 radical (unpaired) electrons. The number of hydrogen-bond acceptors (Lipinski definition) is 4. The number of methoxy groups -OCH3 is 1. The summed E-state index contributed by atoms with van der Waals surface area (Å²) in [7, 11) is -2.21. The largest absolute Gasteiger partial charge is 0.495 e. The van der Waals surface area contributed by atoms with Crippen LogP contribution < -0.4 is 10.1 Å². The fraction of sp³-hybridized carbons (Fsp3) is 0.409.